The molecule has 0 radical (unpaired) electrons. The zero-order valence-corrected chi connectivity index (χ0v) is 13.0. The van der Waals surface area contributed by atoms with Crippen LogP contribution in [0.1, 0.15) is 17.0 Å². The number of amides is 1. The Labute approximate surface area is 129 Å². The highest BCUT2D eigenvalue weighted by molar-refractivity contribution is 7.22. The van der Waals surface area contributed by atoms with E-state index in [-0.39, 0.29) is 12.3 Å². The average molecular weight is 322 g/mol. The van der Waals surface area contributed by atoms with Gasteiger partial charge in [-0.2, -0.15) is 0 Å². The van der Waals surface area contributed by atoms with Gasteiger partial charge in [-0.1, -0.05) is 28.1 Å². The fourth-order valence-corrected chi connectivity index (χ4v) is 3.19. The van der Waals surface area contributed by atoms with Crippen molar-refractivity contribution < 1.29 is 9.32 Å². The lowest BCUT2D eigenvalue weighted by Crippen LogP contribution is -2.14. The van der Waals surface area contributed by atoms with Crippen molar-refractivity contribution in [3.63, 3.8) is 0 Å². The minimum absolute atomic E-state index is 0.144. The Hall–Kier alpha value is -1.92. The number of anilines is 1. The van der Waals surface area contributed by atoms with Crippen molar-refractivity contribution >= 4 is 44.2 Å². The number of rotatable bonds is 3. The van der Waals surface area contributed by atoms with E-state index in [4.69, 9.17) is 16.1 Å². The molecule has 0 fully saturated rings. The molecular formula is C14H12ClN3O2S. The van der Waals surface area contributed by atoms with Crippen LogP contribution in [0, 0.1) is 13.8 Å². The second-order valence-corrected chi connectivity index (χ2v) is 6.13. The van der Waals surface area contributed by atoms with E-state index in [2.05, 4.69) is 15.5 Å². The zero-order chi connectivity index (χ0) is 15.0. The molecule has 0 atom stereocenters. The van der Waals surface area contributed by atoms with Crippen LogP contribution in [0.25, 0.3) is 10.2 Å². The van der Waals surface area contributed by atoms with Gasteiger partial charge in [-0.25, -0.2) is 4.98 Å². The molecule has 108 valence electrons. The van der Waals surface area contributed by atoms with E-state index >= 15 is 0 Å². The largest absolute Gasteiger partial charge is 0.361 e. The van der Waals surface area contributed by atoms with Gasteiger partial charge in [0, 0.05) is 10.6 Å². The number of thiazole rings is 1. The maximum atomic E-state index is 12.1. The first-order chi connectivity index (χ1) is 10.0. The number of carbonyl (C=O) groups is 1. The van der Waals surface area contributed by atoms with E-state index in [1.165, 1.54) is 11.3 Å². The third kappa shape index (κ3) is 2.91. The summed E-state index contributed by atoms with van der Waals surface area (Å²) in [6.45, 7) is 3.61. The molecule has 2 aromatic heterocycles. The first kappa shape index (κ1) is 14.0. The number of aryl methyl sites for hydroxylation is 2. The number of hydrogen-bond acceptors (Lipinski definition) is 5. The fraction of sp³-hybridized carbons (Fsp3) is 0.214. The molecule has 0 aliphatic carbocycles. The number of benzene rings is 1. The molecular weight excluding hydrogens is 310 g/mol. The number of nitrogens with one attached hydrogen (secondary N) is 1. The normalized spacial score (nSPS) is 11.0. The molecule has 0 spiro atoms. The summed E-state index contributed by atoms with van der Waals surface area (Å²) >= 11 is 7.33. The quantitative estimate of drug-likeness (QED) is 0.798. The minimum atomic E-state index is -0.144. The Morgan fingerprint density at radius 3 is 2.95 bits per heavy atom. The summed E-state index contributed by atoms with van der Waals surface area (Å²) < 4.78 is 5.99. The Bertz CT molecular complexity index is 805. The number of nitrogens with zero attached hydrogens (tertiary/aromatic N) is 2. The zero-order valence-electron chi connectivity index (χ0n) is 11.4. The van der Waals surface area contributed by atoms with Gasteiger partial charge in [-0.3, -0.25) is 4.79 Å². The maximum absolute atomic E-state index is 12.1. The van der Waals surface area contributed by atoms with E-state index in [1.807, 2.05) is 19.1 Å². The SMILES string of the molecule is Cc1noc(C)c1CC(=O)Nc1nc2ccc(Cl)cc2s1. The standard InChI is InChI=1S/C14H12ClN3O2S/c1-7-10(8(2)20-18-7)6-13(19)17-14-16-11-4-3-9(15)5-12(11)21-14/h3-5H,6H2,1-2H3,(H,16,17,19). The summed E-state index contributed by atoms with van der Waals surface area (Å²) in [6, 6.07) is 5.44. The highest BCUT2D eigenvalue weighted by Gasteiger charge is 2.15. The summed E-state index contributed by atoms with van der Waals surface area (Å²) in [5.41, 5.74) is 2.37. The van der Waals surface area contributed by atoms with Gasteiger partial charge in [0.05, 0.1) is 22.3 Å². The molecule has 1 N–H and O–H groups in total. The van der Waals surface area contributed by atoms with Crippen molar-refractivity contribution in [2.75, 3.05) is 5.32 Å². The van der Waals surface area contributed by atoms with Gasteiger partial charge in [-0.05, 0) is 32.0 Å². The van der Waals surface area contributed by atoms with Crippen LogP contribution in [0.15, 0.2) is 22.7 Å². The number of fused-ring (bicyclic) bond motifs is 1. The number of hydrogen-bond donors (Lipinski definition) is 1. The fourth-order valence-electron chi connectivity index (χ4n) is 2.03. The van der Waals surface area contributed by atoms with Crippen LogP contribution in [0.2, 0.25) is 5.02 Å². The lowest BCUT2D eigenvalue weighted by atomic mass is 10.1. The molecule has 3 aromatic rings. The predicted octanol–water partition coefficient (Wildman–Crippen LogP) is 3.74. The van der Waals surface area contributed by atoms with Crippen LogP contribution in [-0.4, -0.2) is 16.0 Å². The van der Waals surface area contributed by atoms with Gasteiger partial charge >= 0.3 is 0 Å². The Balaban J connectivity index is 1.77. The Morgan fingerprint density at radius 2 is 2.24 bits per heavy atom. The van der Waals surface area contributed by atoms with E-state index in [0.717, 1.165) is 21.5 Å². The molecule has 21 heavy (non-hydrogen) atoms. The molecule has 0 bridgehead atoms. The van der Waals surface area contributed by atoms with Crippen molar-refractivity contribution in [2.24, 2.45) is 0 Å². The van der Waals surface area contributed by atoms with Crippen molar-refractivity contribution in [2.45, 2.75) is 20.3 Å². The lowest BCUT2D eigenvalue weighted by Gasteiger charge is -2.00. The van der Waals surface area contributed by atoms with E-state index in [9.17, 15) is 4.79 Å². The first-order valence-corrected chi connectivity index (χ1v) is 7.50. The van der Waals surface area contributed by atoms with Gasteiger partial charge in [0.1, 0.15) is 5.76 Å². The molecule has 0 saturated carbocycles. The van der Waals surface area contributed by atoms with Crippen LogP contribution in [-0.2, 0) is 11.2 Å². The molecule has 3 rings (SSSR count). The predicted molar refractivity (Wildman–Crippen MR) is 82.9 cm³/mol. The molecule has 5 nitrogen and oxygen atoms in total. The van der Waals surface area contributed by atoms with E-state index < -0.39 is 0 Å². The Morgan fingerprint density at radius 1 is 1.43 bits per heavy atom. The van der Waals surface area contributed by atoms with E-state index in [1.54, 1.807) is 13.0 Å². The third-order valence-corrected chi connectivity index (χ3v) is 4.28. The monoisotopic (exact) mass is 321 g/mol. The molecule has 0 saturated heterocycles. The highest BCUT2D eigenvalue weighted by Crippen LogP contribution is 2.28. The second-order valence-electron chi connectivity index (χ2n) is 4.66. The van der Waals surface area contributed by atoms with E-state index in [0.29, 0.717) is 15.9 Å². The minimum Gasteiger partial charge on any atom is -0.361 e. The van der Waals surface area contributed by atoms with Crippen LogP contribution in [0.4, 0.5) is 5.13 Å². The number of carbonyl (C=O) groups excluding carboxylic acids is 1. The van der Waals surface area contributed by atoms with Gasteiger partial charge in [-0.15, -0.1) is 0 Å². The van der Waals surface area contributed by atoms with Crippen LogP contribution < -0.4 is 5.32 Å². The molecule has 0 aliphatic heterocycles. The summed E-state index contributed by atoms with van der Waals surface area (Å²) in [5.74, 6) is 0.522. The van der Waals surface area contributed by atoms with Crippen molar-refractivity contribution in [1.82, 2.24) is 10.1 Å². The number of halogens is 1. The van der Waals surface area contributed by atoms with Crippen molar-refractivity contribution in [3.05, 3.63) is 40.2 Å². The topological polar surface area (TPSA) is 68.0 Å². The molecule has 1 amide bonds. The van der Waals surface area contributed by atoms with Gasteiger partial charge in [0.25, 0.3) is 0 Å². The molecule has 2 heterocycles. The molecule has 0 unspecified atom stereocenters. The summed E-state index contributed by atoms with van der Waals surface area (Å²) in [7, 11) is 0. The van der Waals surface area contributed by atoms with Crippen LogP contribution in [0.5, 0.6) is 0 Å². The summed E-state index contributed by atoms with van der Waals surface area (Å²) in [4.78, 5) is 16.4. The second kappa shape index (κ2) is 5.46. The van der Waals surface area contributed by atoms with Crippen molar-refractivity contribution in [1.29, 1.82) is 0 Å². The first-order valence-electron chi connectivity index (χ1n) is 6.30. The third-order valence-electron chi connectivity index (χ3n) is 3.12. The molecule has 7 heteroatoms. The van der Waals surface area contributed by atoms with Crippen LogP contribution in [0.3, 0.4) is 0 Å². The smallest absolute Gasteiger partial charge is 0.230 e. The lowest BCUT2D eigenvalue weighted by molar-refractivity contribution is -0.115. The average Bonchev–Trinajstić information content (AvgIpc) is 2.95. The maximum Gasteiger partial charge on any atom is 0.230 e. The summed E-state index contributed by atoms with van der Waals surface area (Å²) in [5, 5.41) is 7.85. The van der Waals surface area contributed by atoms with Gasteiger partial charge in [0.2, 0.25) is 5.91 Å². The van der Waals surface area contributed by atoms with Crippen LogP contribution >= 0.6 is 22.9 Å². The summed E-state index contributed by atoms with van der Waals surface area (Å²) in [6.07, 6.45) is 0.220. The molecule has 1 aromatic carbocycles. The van der Waals surface area contributed by atoms with Gasteiger partial charge < -0.3 is 9.84 Å². The Kier molecular flexibility index (Phi) is 3.65. The van der Waals surface area contributed by atoms with Gasteiger partial charge in [0.15, 0.2) is 5.13 Å². The van der Waals surface area contributed by atoms with Crippen molar-refractivity contribution in [3.8, 4) is 0 Å². The molecule has 0 aliphatic rings. The highest BCUT2D eigenvalue weighted by atomic mass is 35.5. The number of aromatic nitrogens is 2.